The lowest BCUT2D eigenvalue weighted by molar-refractivity contribution is 0.0886. The molecule has 3 nitrogen and oxygen atoms in total. The second-order valence-corrected chi connectivity index (χ2v) is 1.56. The van der Waals surface area contributed by atoms with Crippen molar-refractivity contribution in [3.8, 4) is 6.07 Å². The Morgan fingerprint density at radius 3 is 2.80 bits per heavy atom. The topological polar surface area (TPSA) is 42.2 Å². The number of ether oxygens (including phenoxy) is 2. The van der Waals surface area contributed by atoms with Crippen molar-refractivity contribution in [3.05, 3.63) is 12.8 Å². The summed E-state index contributed by atoms with van der Waals surface area (Å²) in [7, 11) is 0. The van der Waals surface area contributed by atoms with Gasteiger partial charge in [-0.05, 0) is 0 Å². The van der Waals surface area contributed by atoms with Gasteiger partial charge in [-0.1, -0.05) is 6.58 Å². The number of nitriles is 1. The fourth-order valence-electron chi connectivity index (χ4n) is 0.410. The van der Waals surface area contributed by atoms with Crippen molar-refractivity contribution in [2.75, 3.05) is 19.8 Å². The number of nitrogens with zero attached hydrogens (tertiary/aromatic N) is 1. The van der Waals surface area contributed by atoms with Crippen LogP contribution in [0.4, 0.5) is 0 Å². The molecule has 0 fully saturated rings. The first-order valence-corrected chi connectivity index (χ1v) is 3.09. The summed E-state index contributed by atoms with van der Waals surface area (Å²) in [5.74, 6) is 0. The quantitative estimate of drug-likeness (QED) is 0.410. The van der Waals surface area contributed by atoms with E-state index in [1.54, 1.807) is 0 Å². The molecule has 0 aromatic rings. The van der Waals surface area contributed by atoms with Crippen molar-refractivity contribution < 1.29 is 9.47 Å². The molecule has 0 bridgehead atoms. The van der Waals surface area contributed by atoms with Gasteiger partial charge in [0.2, 0.25) is 0 Å². The Morgan fingerprint density at radius 1 is 1.40 bits per heavy atom. The van der Waals surface area contributed by atoms with Gasteiger partial charge in [0.1, 0.15) is 6.61 Å². The average Bonchev–Trinajstić information content (AvgIpc) is 1.97. The molecule has 0 aromatic heterocycles. The van der Waals surface area contributed by atoms with Crippen LogP contribution in [-0.2, 0) is 9.47 Å². The first-order chi connectivity index (χ1) is 4.91. The van der Waals surface area contributed by atoms with Gasteiger partial charge in [0.05, 0.1) is 32.0 Å². The van der Waals surface area contributed by atoms with Gasteiger partial charge >= 0.3 is 0 Å². The maximum Gasteiger partial charge on any atom is 0.111 e. The zero-order valence-corrected chi connectivity index (χ0v) is 5.88. The van der Waals surface area contributed by atoms with Crippen LogP contribution >= 0.6 is 0 Å². The molecule has 0 amide bonds. The van der Waals surface area contributed by atoms with Crippen LogP contribution in [0.3, 0.4) is 0 Å². The Hall–Kier alpha value is -1.01. The molecule has 0 atom stereocenters. The number of hydrogen-bond acceptors (Lipinski definition) is 3. The van der Waals surface area contributed by atoms with Crippen molar-refractivity contribution in [3.63, 3.8) is 0 Å². The smallest absolute Gasteiger partial charge is 0.111 e. The SMILES string of the molecule is C=COCCOCCC#N. The van der Waals surface area contributed by atoms with Crippen LogP contribution in [0.15, 0.2) is 12.8 Å². The van der Waals surface area contributed by atoms with E-state index in [-0.39, 0.29) is 0 Å². The van der Waals surface area contributed by atoms with Crippen LogP contribution in [0.25, 0.3) is 0 Å². The lowest BCUT2D eigenvalue weighted by Crippen LogP contribution is -2.01. The molecule has 3 heteroatoms. The first kappa shape index (κ1) is 8.99. The van der Waals surface area contributed by atoms with Gasteiger partial charge in [-0.15, -0.1) is 0 Å². The van der Waals surface area contributed by atoms with Gasteiger partial charge in [0, 0.05) is 0 Å². The third-order valence-electron chi connectivity index (χ3n) is 0.822. The van der Waals surface area contributed by atoms with E-state index >= 15 is 0 Å². The van der Waals surface area contributed by atoms with Crippen molar-refractivity contribution in [2.24, 2.45) is 0 Å². The molecule has 0 saturated heterocycles. The van der Waals surface area contributed by atoms with Crippen LogP contribution in [0.1, 0.15) is 6.42 Å². The largest absolute Gasteiger partial charge is 0.499 e. The van der Waals surface area contributed by atoms with Crippen molar-refractivity contribution >= 4 is 0 Å². The highest BCUT2D eigenvalue weighted by Gasteiger charge is 1.85. The summed E-state index contributed by atoms with van der Waals surface area (Å²) in [6.45, 7) is 4.88. The van der Waals surface area contributed by atoms with Gasteiger partial charge < -0.3 is 9.47 Å². The highest BCUT2D eigenvalue weighted by atomic mass is 16.5. The third-order valence-corrected chi connectivity index (χ3v) is 0.822. The van der Waals surface area contributed by atoms with Gasteiger partial charge in [-0.3, -0.25) is 0 Å². The monoisotopic (exact) mass is 141 g/mol. The molecule has 10 heavy (non-hydrogen) atoms. The lowest BCUT2D eigenvalue weighted by atomic mass is 10.5. The van der Waals surface area contributed by atoms with E-state index in [4.69, 9.17) is 14.7 Å². The Morgan fingerprint density at radius 2 is 2.20 bits per heavy atom. The summed E-state index contributed by atoms with van der Waals surface area (Å²) in [4.78, 5) is 0. The van der Waals surface area contributed by atoms with Crippen molar-refractivity contribution in [1.82, 2.24) is 0 Å². The minimum absolute atomic E-state index is 0.439. The minimum atomic E-state index is 0.439. The maximum absolute atomic E-state index is 8.09. The second kappa shape index (κ2) is 7.99. The molecule has 0 aliphatic rings. The summed E-state index contributed by atoms with van der Waals surface area (Å²) in [5.41, 5.74) is 0. The van der Waals surface area contributed by atoms with Crippen LogP contribution in [0.5, 0.6) is 0 Å². The molecule has 0 heterocycles. The summed E-state index contributed by atoms with van der Waals surface area (Å²) in [6, 6.07) is 1.97. The van der Waals surface area contributed by atoms with Crippen LogP contribution in [-0.4, -0.2) is 19.8 Å². The van der Waals surface area contributed by atoms with E-state index in [1.165, 1.54) is 6.26 Å². The number of rotatable bonds is 6. The van der Waals surface area contributed by atoms with Crippen LogP contribution in [0.2, 0.25) is 0 Å². The molecule has 0 saturated carbocycles. The van der Waals surface area contributed by atoms with Gasteiger partial charge in [-0.25, -0.2) is 0 Å². The van der Waals surface area contributed by atoms with E-state index in [2.05, 4.69) is 6.58 Å². The minimum Gasteiger partial charge on any atom is -0.499 e. The molecule has 56 valence electrons. The van der Waals surface area contributed by atoms with E-state index in [1.807, 2.05) is 6.07 Å². The molecule has 0 rings (SSSR count). The fraction of sp³-hybridized carbons (Fsp3) is 0.571. The number of hydrogen-bond donors (Lipinski definition) is 0. The molecule has 0 spiro atoms. The lowest BCUT2D eigenvalue weighted by Gasteiger charge is -1.99. The molecule has 0 aliphatic carbocycles. The normalized spacial score (nSPS) is 8.30. The molecule has 0 unspecified atom stereocenters. The third kappa shape index (κ3) is 6.99. The molecule has 0 N–H and O–H groups in total. The van der Waals surface area contributed by atoms with Crippen LogP contribution in [0, 0.1) is 11.3 Å². The highest BCUT2D eigenvalue weighted by molar-refractivity contribution is 4.66. The Kier molecular flexibility index (Phi) is 7.18. The van der Waals surface area contributed by atoms with Crippen molar-refractivity contribution in [2.45, 2.75) is 6.42 Å². The standard InChI is InChI=1S/C7H11NO2/c1-2-9-6-7-10-5-3-4-8/h2H,1,3,5-7H2. The van der Waals surface area contributed by atoms with Crippen molar-refractivity contribution in [1.29, 1.82) is 5.26 Å². The summed E-state index contributed by atoms with van der Waals surface area (Å²) in [5, 5.41) is 8.09. The Balaban J connectivity index is 2.78. The Labute approximate surface area is 60.9 Å². The average molecular weight is 141 g/mol. The van der Waals surface area contributed by atoms with E-state index in [0.717, 1.165) is 0 Å². The fourth-order valence-corrected chi connectivity index (χ4v) is 0.410. The molecule has 0 aromatic carbocycles. The summed E-state index contributed by atoms with van der Waals surface area (Å²) >= 11 is 0. The predicted molar refractivity (Wildman–Crippen MR) is 37.2 cm³/mol. The molecular weight excluding hydrogens is 130 g/mol. The van der Waals surface area contributed by atoms with Crippen LogP contribution < -0.4 is 0 Å². The van der Waals surface area contributed by atoms with Gasteiger partial charge in [-0.2, -0.15) is 5.26 Å². The zero-order valence-electron chi connectivity index (χ0n) is 5.88. The second-order valence-electron chi connectivity index (χ2n) is 1.56. The van der Waals surface area contributed by atoms with Gasteiger partial charge in [0.15, 0.2) is 0 Å². The van der Waals surface area contributed by atoms with E-state index in [9.17, 15) is 0 Å². The Bertz CT molecular complexity index is 117. The van der Waals surface area contributed by atoms with E-state index in [0.29, 0.717) is 26.2 Å². The highest BCUT2D eigenvalue weighted by Crippen LogP contribution is 1.81. The first-order valence-electron chi connectivity index (χ1n) is 3.09. The molecule has 0 aliphatic heterocycles. The summed E-state index contributed by atoms with van der Waals surface area (Å²) in [6.07, 6.45) is 1.81. The predicted octanol–water partition coefficient (Wildman–Crippen LogP) is 1.08. The van der Waals surface area contributed by atoms with Gasteiger partial charge in [0.25, 0.3) is 0 Å². The van der Waals surface area contributed by atoms with E-state index < -0.39 is 0 Å². The molecule has 0 radical (unpaired) electrons. The zero-order chi connectivity index (χ0) is 7.66. The molecular formula is C7H11NO2. The maximum atomic E-state index is 8.09. The summed E-state index contributed by atoms with van der Waals surface area (Å²) < 4.78 is 9.75.